The number of aromatic nitrogens is 1. The minimum absolute atomic E-state index is 0.327. The number of methoxy groups -OCH3 is 1. The minimum Gasteiger partial charge on any atom is -0.481 e. The third-order valence-corrected chi connectivity index (χ3v) is 4.76. The Morgan fingerprint density at radius 3 is 3.04 bits per heavy atom. The number of nitrogens with zero attached hydrogens (tertiary/aromatic N) is 4. The Morgan fingerprint density at radius 1 is 1.39 bits per heavy atom. The quantitative estimate of drug-likeness (QED) is 0.762. The van der Waals surface area contributed by atoms with Gasteiger partial charge in [0, 0.05) is 57.1 Å². The number of hydrogen-bond donors (Lipinski definition) is 0. The fourth-order valence-electron chi connectivity index (χ4n) is 3.54. The zero-order valence-corrected chi connectivity index (χ0v) is 14.4. The monoisotopic (exact) mass is 320 g/mol. The van der Waals surface area contributed by atoms with E-state index >= 15 is 0 Å². The van der Waals surface area contributed by atoms with E-state index < -0.39 is 0 Å². The van der Waals surface area contributed by atoms with Crippen LogP contribution in [0.3, 0.4) is 0 Å². The van der Waals surface area contributed by atoms with Gasteiger partial charge in [-0.25, -0.2) is 4.98 Å². The molecule has 0 unspecified atom stereocenters. The molecule has 2 aliphatic heterocycles. The lowest BCUT2D eigenvalue weighted by Crippen LogP contribution is -2.52. The Hall–Kier alpha value is -1.21. The lowest BCUT2D eigenvalue weighted by Gasteiger charge is -2.37. The molecule has 0 spiro atoms. The van der Waals surface area contributed by atoms with E-state index in [1.54, 1.807) is 13.3 Å². The van der Waals surface area contributed by atoms with Gasteiger partial charge in [-0.1, -0.05) is 6.07 Å². The predicted molar refractivity (Wildman–Crippen MR) is 89.7 cm³/mol. The average Bonchev–Trinajstić information content (AvgIpc) is 2.96. The van der Waals surface area contributed by atoms with Crippen LogP contribution in [0.4, 0.5) is 0 Å². The van der Waals surface area contributed by atoms with Crippen molar-refractivity contribution in [3.8, 4) is 5.88 Å². The van der Waals surface area contributed by atoms with Gasteiger partial charge in [0.25, 0.3) is 0 Å². The summed E-state index contributed by atoms with van der Waals surface area (Å²) in [6.07, 6.45) is 2.10. The van der Waals surface area contributed by atoms with Crippen molar-refractivity contribution < 1.29 is 9.47 Å². The molecule has 0 radical (unpaired) electrons. The van der Waals surface area contributed by atoms with E-state index in [0.29, 0.717) is 12.1 Å². The fourth-order valence-corrected chi connectivity index (χ4v) is 3.54. The van der Waals surface area contributed by atoms with E-state index in [4.69, 9.17) is 9.47 Å². The van der Waals surface area contributed by atoms with Crippen LogP contribution in [-0.2, 0) is 11.3 Å². The summed E-state index contributed by atoms with van der Waals surface area (Å²) in [5, 5.41) is 0. The SMILES string of the molecule is COc1ncccc1CN1C[C@@H]2OCCN(CCN(C)C)[C@@H]2C1. The minimum atomic E-state index is 0.327. The number of ether oxygens (including phenoxy) is 2. The maximum absolute atomic E-state index is 6.02. The first-order chi connectivity index (χ1) is 11.2. The first kappa shape index (κ1) is 16.6. The van der Waals surface area contributed by atoms with E-state index in [-0.39, 0.29) is 0 Å². The Kier molecular flexibility index (Phi) is 5.48. The topological polar surface area (TPSA) is 41.1 Å². The number of likely N-dealkylation sites (tertiary alicyclic amines) is 1. The van der Waals surface area contributed by atoms with Crippen molar-refractivity contribution in [1.82, 2.24) is 19.7 Å². The van der Waals surface area contributed by atoms with Crippen LogP contribution in [0.1, 0.15) is 5.56 Å². The smallest absolute Gasteiger partial charge is 0.217 e. The molecule has 0 bridgehead atoms. The number of morpholine rings is 1. The Bertz CT molecular complexity index is 511. The molecule has 1 aromatic rings. The predicted octanol–water partition coefficient (Wildman–Crippen LogP) is 0.537. The van der Waals surface area contributed by atoms with E-state index in [2.05, 4.69) is 39.8 Å². The molecule has 128 valence electrons. The van der Waals surface area contributed by atoms with Crippen molar-refractivity contribution in [2.45, 2.75) is 18.7 Å². The van der Waals surface area contributed by atoms with Gasteiger partial charge in [-0.15, -0.1) is 0 Å². The Balaban J connectivity index is 1.62. The van der Waals surface area contributed by atoms with Gasteiger partial charge in [0.05, 0.1) is 19.8 Å². The largest absolute Gasteiger partial charge is 0.481 e. The van der Waals surface area contributed by atoms with E-state index in [0.717, 1.165) is 57.3 Å². The molecule has 2 saturated heterocycles. The van der Waals surface area contributed by atoms with Gasteiger partial charge >= 0.3 is 0 Å². The zero-order valence-electron chi connectivity index (χ0n) is 14.4. The summed E-state index contributed by atoms with van der Waals surface area (Å²) in [5.41, 5.74) is 1.15. The first-order valence-corrected chi connectivity index (χ1v) is 8.38. The molecule has 0 N–H and O–H groups in total. The van der Waals surface area contributed by atoms with Crippen LogP contribution >= 0.6 is 0 Å². The van der Waals surface area contributed by atoms with Gasteiger partial charge < -0.3 is 14.4 Å². The molecule has 2 atom stereocenters. The summed E-state index contributed by atoms with van der Waals surface area (Å²) in [6.45, 7) is 7.01. The molecule has 3 rings (SSSR count). The summed E-state index contributed by atoms with van der Waals surface area (Å²) < 4.78 is 11.4. The van der Waals surface area contributed by atoms with Gasteiger partial charge in [0.2, 0.25) is 5.88 Å². The fraction of sp³-hybridized carbons (Fsp3) is 0.706. The summed E-state index contributed by atoms with van der Waals surface area (Å²) in [5.74, 6) is 0.729. The van der Waals surface area contributed by atoms with Crippen molar-refractivity contribution in [2.24, 2.45) is 0 Å². The standard InChI is InChI=1S/C17H28N4O2/c1-19(2)7-8-21-9-10-23-16-13-20(12-15(16)21)11-14-5-4-6-18-17(14)22-3/h4-6,15-16H,7-13H2,1-3H3/t15-,16+/m1/s1. The highest BCUT2D eigenvalue weighted by Crippen LogP contribution is 2.25. The van der Waals surface area contributed by atoms with Crippen molar-refractivity contribution in [2.75, 3.05) is 60.5 Å². The van der Waals surface area contributed by atoms with E-state index in [9.17, 15) is 0 Å². The van der Waals surface area contributed by atoms with Crippen LogP contribution < -0.4 is 4.74 Å². The normalized spacial score (nSPS) is 25.7. The summed E-state index contributed by atoms with van der Waals surface area (Å²) in [4.78, 5) is 11.6. The Morgan fingerprint density at radius 2 is 2.26 bits per heavy atom. The number of rotatable bonds is 6. The van der Waals surface area contributed by atoms with Gasteiger partial charge in [0.1, 0.15) is 0 Å². The van der Waals surface area contributed by atoms with Crippen LogP contribution in [0.15, 0.2) is 18.3 Å². The van der Waals surface area contributed by atoms with Crippen LogP contribution in [0.2, 0.25) is 0 Å². The first-order valence-electron chi connectivity index (χ1n) is 8.38. The molecule has 0 aliphatic carbocycles. The Labute approximate surface area is 139 Å². The molecule has 6 nitrogen and oxygen atoms in total. The zero-order chi connectivity index (χ0) is 16.2. The van der Waals surface area contributed by atoms with E-state index in [1.165, 1.54) is 0 Å². The molecular weight excluding hydrogens is 292 g/mol. The molecule has 6 heteroatoms. The van der Waals surface area contributed by atoms with Crippen molar-refractivity contribution in [1.29, 1.82) is 0 Å². The number of pyridine rings is 1. The highest BCUT2D eigenvalue weighted by atomic mass is 16.5. The lowest BCUT2D eigenvalue weighted by molar-refractivity contribution is -0.0483. The van der Waals surface area contributed by atoms with Crippen molar-refractivity contribution in [3.63, 3.8) is 0 Å². The van der Waals surface area contributed by atoms with Crippen LogP contribution in [0, 0.1) is 0 Å². The molecule has 0 aromatic carbocycles. The second-order valence-electron chi connectivity index (χ2n) is 6.68. The second-order valence-corrected chi connectivity index (χ2v) is 6.68. The molecule has 23 heavy (non-hydrogen) atoms. The summed E-state index contributed by atoms with van der Waals surface area (Å²) in [7, 11) is 5.95. The van der Waals surface area contributed by atoms with Crippen LogP contribution in [0.5, 0.6) is 5.88 Å². The maximum atomic E-state index is 6.02. The second kappa shape index (κ2) is 7.57. The third kappa shape index (κ3) is 4.01. The van der Waals surface area contributed by atoms with Crippen LogP contribution in [-0.4, -0.2) is 92.4 Å². The van der Waals surface area contributed by atoms with Crippen molar-refractivity contribution in [3.05, 3.63) is 23.9 Å². The number of fused-ring (bicyclic) bond motifs is 1. The highest BCUT2D eigenvalue weighted by molar-refractivity contribution is 5.25. The van der Waals surface area contributed by atoms with Gasteiger partial charge in [-0.05, 0) is 20.2 Å². The van der Waals surface area contributed by atoms with Gasteiger partial charge in [-0.2, -0.15) is 0 Å². The molecule has 2 fully saturated rings. The lowest BCUT2D eigenvalue weighted by atomic mass is 10.1. The number of hydrogen-bond acceptors (Lipinski definition) is 6. The number of likely N-dealkylation sites (N-methyl/N-ethyl adjacent to an activating group) is 1. The van der Waals surface area contributed by atoms with Crippen LogP contribution in [0.25, 0.3) is 0 Å². The maximum Gasteiger partial charge on any atom is 0.217 e. The van der Waals surface area contributed by atoms with Gasteiger partial charge in [0.15, 0.2) is 0 Å². The summed E-state index contributed by atoms with van der Waals surface area (Å²) in [6, 6.07) is 4.57. The summed E-state index contributed by atoms with van der Waals surface area (Å²) >= 11 is 0. The molecule has 0 amide bonds. The molecule has 0 saturated carbocycles. The molecular formula is C17H28N4O2. The molecule has 3 heterocycles. The van der Waals surface area contributed by atoms with Gasteiger partial charge in [-0.3, -0.25) is 9.80 Å². The molecule has 1 aromatic heterocycles. The van der Waals surface area contributed by atoms with E-state index in [1.807, 2.05) is 6.07 Å². The third-order valence-electron chi connectivity index (χ3n) is 4.76. The average molecular weight is 320 g/mol. The van der Waals surface area contributed by atoms with Crippen molar-refractivity contribution >= 4 is 0 Å². The highest BCUT2D eigenvalue weighted by Gasteiger charge is 2.39. The molecule has 2 aliphatic rings.